The molecule has 166 valence electrons. The van der Waals surface area contributed by atoms with Gasteiger partial charge in [0.2, 0.25) is 5.91 Å². The lowest BCUT2D eigenvalue weighted by atomic mass is 10.1. The van der Waals surface area contributed by atoms with E-state index in [4.69, 9.17) is 9.47 Å². The summed E-state index contributed by atoms with van der Waals surface area (Å²) in [7, 11) is 0. The average Bonchev–Trinajstić information content (AvgIpc) is 2.78. The van der Waals surface area contributed by atoms with Crippen molar-refractivity contribution in [3.05, 3.63) is 89.0 Å². The molecule has 0 bridgehead atoms. The third kappa shape index (κ3) is 6.35. The second-order valence-electron chi connectivity index (χ2n) is 7.51. The molecule has 0 unspecified atom stereocenters. The van der Waals surface area contributed by atoms with E-state index >= 15 is 0 Å². The molecule has 6 nitrogen and oxygen atoms in total. The topological polar surface area (TPSA) is 76.7 Å². The summed E-state index contributed by atoms with van der Waals surface area (Å²) in [6, 6.07) is 20.4. The molecule has 32 heavy (non-hydrogen) atoms. The number of nitrogens with one attached hydrogen (secondary N) is 2. The number of hydrogen-bond donors (Lipinski definition) is 2. The first-order valence-electron chi connectivity index (χ1n) is 10.5. The van der Waals surface area contributed by atoms with Gasteiger partial charge in [0.05, 0.1) is 12.1 Å². The summed E-state index contributed by atoms with van der Waals surface area (Å²) in [6.45, 7) is 6.39. The highest BCUT2D eigenvalue weighted by Crippen LogP contribution is 2.22. The van der Waals surface area contributed by atoms with Crippen molar-refractivity contribution in [2.45, 2.75) is 20.8 Å². The molecule has 3 rings (SSSR count). The van der Waals surface area contributed by atoms with Gasteiger partial charge in [0.15, 0.2) is 0 Å². The average molecular weight is 433 g/mol. The fraction of sp³-hybridized carbons (Fsp3) is 0.231. The van der Waals surface area contributed by atoms with Crippen LogP contribution in [-0.2, 0) is 4.79 Å². The third-order valence-electron chi connectivity index (χ3n) is 4.84. The lowest BCUT2D eigenvalue weighted by Gasteiger charge is -2.14. The van der Waals surface area contributed by atoms with E-state index in [-0.39, 0.29) is 25.0 Å². The Morgan fingerprint density at radius 3 is 2.16 bits per heavy atom. The number of aryl methyl sites for hydroxylation is 3. The molecule has 0 aliphatic heterocycles. The maximum absolute atomic E-state index is 12.7. The summed E-state index contributed by atoms with van der Waals surface area (Å²) in [6.07, 6.45) is 0. The van der Waals surface area contributed by atoms with Gasteiger partial charge < -0.3 is 20.1 Å². The van der Waals surface area contributed by atoms with Gasteiger partial charge in [-0.2, -0.15) is 0 Å². The molecule has 0 aromatic heterocycles. The molecule has 0 aliphatic carbocycles. The molecule has 6 heteroatoms. The van der Waals surface area contributed by atoms with Gasteiger partial charge in [0, 0.05) is 5.69 Å². The van der Waals surface area contributed by atoms with Crippen molar-refractivity contribution in [3.8, 4) is 11.5 Å². The molecule has 3 aromatic carbocycles. The van der Waals surface area contributed by atoms with Gasteiger partial charge in [-0.05, 0) is 56.2 Å². The number of carbonyl (C=O) groups is 2. The first kappa shape index (κ1) is 22.9. The van der Waals surface area contributed by atoms with Crippen molar-refractivity contribution < 1.29 is 19.1 Å². The summed E-state index contributed by atoms with van der Waals surface area (Å²) in [5, 5.41) is 5.55. The van der Waals surface area contributed by atoms with Crippen molar-refractivity contribution in [2.24, 2.45) is 0 Å². The number of amides is 2. The van der Waals surface area contributed by atoms with Crippen molar-refractivity contribution >= 4 is 17.5 Å². The molecule has 2 amide bonds. The minimum atomic E-state index is -0.378. The minimum absolute atomic E-state index is 0.142. The summed E-state index contributed by atoms with van der Waals surface area (Å²) in [4.78, 5) is 25.0. The molecule has 0 spiro atoms. The van der Waals surface area contributed by atoms with E-state index < -0.39 is 0 Å². The quantitative estimate of drug-likeness (QED) is 0.490. The van der Waals surface area contributed by atoms with Gasteiger partial charge in [-0.25, -0.2) is 0 Å². The van der Waals surface area contributed by atoms with Crippen LogP contribution in [0.5, 0.6) is 11.5 Å². The van der Waals surface area contributed by atoms with Gasteiger partial charge in [0.25, 0.3) is 5.91 Å². The Labute approximate surface area is 188 Å². The number of ether oxygens (including phenoxy) is 2. The summed E-state index contributed by atoms with van der Waals surface area (Å²) >= 11 is 0. The highest BCUT2D eigenvalue weighted by molar-refractivity contribution is 6.01. The molecule has 3 aromatic rings. The monoisotopic (exact) mass is 432 g/mol. The smallest absolute Gasteiger partial charge is 0.255 e. The summed E-state index contributed by atoms with van der Waals surface area (Å²) in [5.74, 6) is 0.527. The van der Waals surface area contributed by atoms with Gasteiger partial charge in [0.1, 0.15) is 24.7 Å². The zero-order valence-corrected chi connectivity index (χ0v) is 18.6. The van der Waals surface area contributed by atoms with Crippen LogP contribution in [0.2, 0.25) is 0 Å². The maximum Gasteiger partial charge on any atom is 0.255 e. The van der Waals surface area contributed by atoms with E-state index in [1.165, 1.54) is 0 Å². The highest BCUT2D eigenvalue weighted by Gasteiger charge is 2.14. The van der Waals surface area contributed by atoms with Crippen LogP contribution >= 0.6 is 0 Å². The van der Waals surface area contributed by atoms with E-state index in [2.05, 4.69) is 10.6 Å². The summed E-state index contributed by atoms with van der Waals surface area (Å²) < 4.78 is 11.4. The van der Waals surface area contributed by atoms with Gasteiger partial charge >= 0.3 is 0 Å². The standard InChI is InChI=1S/C26H28N2O4/c1-18-15-19(2)25(20(3)16-18)28-24(29)17-27-26(30)22-11-7-8-12-23(22)32-14-13-31-21-9-5-4-6-10-21/h4-12,15-16H,13-14,17H2,1-3H3,(H,27,30)(H,28,29). The van der Waals surface area contributed by atoms with E-state index in [9.17, 15) is 9.59 Å². The molecular formula is C26H28N2O4. The Kier molecular flexibility index (Phi) is 7.86. The molecule has 0 saturated heterocycles. The normalized spacial score (nSPS) is 10.3. The zero-order valence-electron chi connectivity index (χ0n) is 18.6. The van der Waals surface area contributed by atoms with E-state index in [1.807, 2.05) is 63.2 Å². The van der Waals surface area contributed by atoms with Gasteiger partial charge in [-0.1, -0.05) is 48.0 Å². The van der Waals surface area contributed by atoms with Crippen LogP contribution in [0.4, 0.5) is 5.69 Å². The largest absolute Gasteiger partial charge is 0.490 e. The van der Waals surface area contributed by atoms with Crippen LogP contribution < -0.4 is 20.1 Å². The highest BCUT2D eigenvalue weighted by atomic mass is 16.5. The Morgan fingerprint density at radius 2 is 1.44 bits per heavy atom. The van der Waals surface area contributed by atoms with Crippen LogP contribution in [0.25, 0.3) is 0 Å². The fourth-order valence-corrected chi connectivity index (χ4v) is 3.42. The predicted molar refractivity (Wildman–Crippen MR) is 125 cm³/mol. The number of hydrogen-bond acceptors (Lipinski definition) is 4. The first-order chi connectivity index (χ1) is 15.4. The van der Waals surface area contributed by atoms with Crippen LogP contribution in [0, 0.1) is 20.8 Å². The first-order valence-corrected chi connectivity index (χ1v) is 10.5. The van der Waals surface area contributed by atoms with Crippen LogP contribution in [0.1, 0.15) is 27.0 Å². The third-order valence-corrected chi connectivity index (χ3v) is 4.84. The number of benzene rings is 3. The molecule has 0 heterocycles. The van der Waals surface area contributed by atoms with Gasteiger partial charge in [-0.3, -0.25) is 9.59 Å². The molecule has 0 atom stereocenters. The van der Waals surface area contributed by atoms with Crippen molar-refractivity contribution in [1.82, 2.24) is 5.32 Å². The minimum Gasteiger partial charge on any atom is -0.490 e. The number of anilines is 1. The molecule has 0 saturated carbocycles. The number of carbonyl (C=O) groups excluding carboxylic acids is 2. The Hall–Kier alpha value is -3.80. The second-order valence-corrected chi connectivity index (χ2v) is 7.51. The van der Waals surface area contributed by atoms with Crippen molar-refractivity contribution in [1.29, 1.82) is 0 Å². The van der Waals surface area contributed by atoms with Crippen molar-refractivity contribution in [3.63, 3.8) is 0 Å². The molecule has 0 radical (unpaired) electrons. The number of rotatable bonds is 9. The maximum atomic E-state index is 12.7. The summed E-state index contributed by atoms with van der Waals surface area (Å²) in [5.41, 5.74) is 4.24. The van der Waals surface area contributed by atoms with E-state index in [0.29, 0.717) is 17.9 Å². The molecular weight excluding hydrogens is 404 g/mol. The molecule has 2 N–H and O–H groups in total. The van der Waals surface area contributed by atoms with E-state index in [1.54, 1.807) is 24.3 Å². The zero-order chi connectivity index (χ0) is 22.9. The van der Waals surface area contributed by atoms with E-state index in [0.717, 1.165) is 28.1 Å². The lowest BCUT2D eigenvalue weighted by molar-refractivity contribution is -0.115. The Morgan fingerprint density at radius 1 is 0.812 bits per heavy atom. The predicted octanol–water partition coefficient (Wildman–Crippen LogP) is 4.44. The Balaban J connectivity index is 1.52. The molecule has 0 aliphatic rings. The Bertz CT molecular complexity index is 1060. The van der Waals surface area contributed by atoms with Crippen LogP contribution in [0.15, 0.2) is 66.7 Å². The number of para-hydroxylation sites is 2. The SMILES string of the molecule is Cc1cc(C)c(NC(=O)CNC(=O)c2ccccc2OCCOc2ccccc2)c(C)c1. The van der Waals surface area contributed by atoms with Gasteiger partial charge in [-0.15, -0.1) is 0 Å². The van der Waals surface area contributed by atoms with Crippen LogP contribution in [-0.4, -0.2) is 31.6 Å². The van der Waals surface area contributed by atoms with Crippen LogP contribution in [0.3, 0.4) is 0 Å². The lowest BCUT2D eigenvalue weighted by Crippen LogP contribution is -2.33. The second kappa shape index (κ2) is 11.0. The van der Waals surface area contributed by atoms with Crippen molar-refractivity contribution in [2.75, 3.05) is 25.1 Å². The molecule has 0 fully saturated rings. The fourth-order valence-electron chi connectivity index (χ4n) is 3.42.